The van der Waals surface area contributed by atoms with Gasteiger partial charge in [-0.05, 0) is 55.0 Å². The third-order valence-electron chi connectivity index (χ3n) is 5.26. The van der Waals surface area contributed by atoms with Crippen molar-refractivity contribution < 1.29 is 14.6 Å². The molecule has 0 aliphatic carbocycles. The van der Waals surface area contributed by atoms with Crippen LogP contribution >= 0.6 is 0 Å². The molecule has 0 saturated heterocycles. The number of carbonyl (C=O) groups is 1. The second kappa shape index (κ2) is 7.61. The van der Waals surface area contributed by atoms with Crippen molar-refractivity contribution in [3.05, 3.63) is 58.9 Å². The molecule has 0 radical (unpaired) electrons. The minimum absolute atomic E-state index is 0.0261. The van der Waals surface area contributed by atoms with Crippen molar-refractivity contribution in [3.8, 4) is 17.6 Å². The van der Waals surface area contributed by atoms with Crippen LogP contribution in [0.5, 0.6) is 5.75 Å². The average molecular weight is 349 g/mol. The van der Waals surface area contributed by atoms with E-state index in [1.165, 1.54) is 5.56 Å². The van der Waals surface area contributed by atoms with E-state index in [4.69, 9.17) is 9.84 Å². The molecule has 1 N–H and O–H groups in total. The summed E-state index contributed by atoms with van der Waals surface area (Å²) in [4.78, 5) is 15.0. The van der Waals surface area contributed by atoms with Gasteiger partial charge in [-0.25, -0.2) is 4.98 Å². The molecule has 1 aliphatic rings. The molecule has 0 saturated carbocycles. The van der Waals surface area contributed by atoms with E-state index in [2.05, 4.69) is 36.7 Å². The van der Waals surface area contributed by atoms with E-state index in [-0.39, 0.29) is 11.8 Å². The number of aromatic nitrogens is 1. The number of carboxylic acids is 1. The van der Waals surface area contributed by atoms with Crippen molar-refractivity contribution in [1.82, 2.24) is 4.98 Å². The lowest BCUT2D eigenvalue weighted by atomic mass is 9.71. The smallest absolute Gasteiger partial charge is 0.307 e. The molecule has 0 bridgehead atoms. The van der Waals surface area contributed by atoms with Crippen LogP contribution in [0, 0.1) is 11.8 Å². The maximum atomic E-state index is 10.7. The summed E-state index contributed by atoms with van der Waals surface area (Å²) in [5.74, 6) is 6.35. The second-order valence-electron chi connectivity index (χ2n) is 6.67. The highest BCUT2D eigenvalue weighted by atomic mass is 16.5. The molecule has 3 rings (SSSR count). The number of hydrogen-bond acceptors (Lipinski definition) is 3. The Kier molecular flexibility index (Phi) is 5.27. The van der Waals surface area contributed by atoms with Gasteiger partial charge in [-0.2, -0.15) is 0 Å². The van der Waals surface area contributed by atoms with Gasteiger partial charge in [0, 0.05) is 22.7 Å². The topological polar surface area (TPSA) is 59.4 Å². The number of rotatable bonds is 4. The largest absolute Gasteiger partial charge is 0.493 e. The van der Waals surface area contributed by atoms with Crippen molar-refractivity contribution in [2.75, 3.05) is 6.61 Å². The number of nitrogens with zero attached hydrogens (tertiary/aromatic N) is 1. The molecule has 0 fully saturated rings. The fourth-order valence-corrected chi connectivity index (χ4v) is 3.54. The van der Waals surface area contributed by atoms with Crippen LogP contribution in [0.4, 0.5) is 0 Å². The summed E-state index contributed by atoms with van der Waals surface area (Å²) >= 11 is 0. The quantitative estimate of drug-likeness (QED) is 0.849. The number of ether oxygens (including phenoxy) is 1. The Balaban J connectivity index is 1.86. The zero-order valence-electron chi connectivity index (χ0n) is 15.2. The zero-order valence-corrected chi connectivity index (χ0v) is 15.2. The lowest BCUT2D eigenvalue weighted by Gasteiger charge is -2.37. The first-order chi connectivity index (χ1) is 12.6. The molecule has 0 spiro atoms. The lowest BCUT2D eigenvalue weighted by Crippen LogP contribution is -2.31. The Labute approximate surface area is 154 Å². The van der Waals surface area contributed by atoms with Crippen LogP contribution in [0.25, 0.3) is 0 Å². The summed E-state index contributed by atoms with van der Waals surface area (Å²) < 4.78 is 5.84. The van der Waals surface area contributed by atoms with Crippen LogP contribution < -0.4 is 4.74 Å². The first kappa shape index (κ1) is 18.0. The molecule has 0 atom stereocenters. The summed E-state index contributed by atoms with van der Waals surface area (Å²) in [6, 6.07) is 9.65. The summed E-state index contributed by atoms with van der Waals surface area (Å²) in [7, 11) is 0. The highest BCUT2D eigenvalue weighted by molar-refractivity contribution is 5.70. The molecule has 0 amide bonds. The number of hydrogen-bond donors (Lipinski definition) is 1. The molecule has 134 valence electrons. The van der Waals surface area contributed by atoms with E-state index in [0.29, 0.717) is 11.3 Å². The maximum Gasteiger partial charge on any atom is 0.307 e. The minimum atomic E-state index is -0.864. The minimum Gasteiger partial charge on any atom is -0.493 e. The van der Waals surface area contributed by atoms with Gasteiger partial charge in [-0.15, -0.1) is 0 Å². The predicted molar refractivity (Wildman–Crippen MR) is 100 cm³/mol. The van der Waals surface area contributed by atoms with Crippen molar-refractivity contribution in [2.24, 2.45) is 0 Å². The van der Waals surface area contributed by atoms with Crippen LogP contribution in [0.3, 0.4) is 0 Å². The predicted octanol–water partition coefficient (Wildman–Crippen LogP) is 3.95. The van der Waals surface area contributed by atoms with Crippen molar-refractivity contribution in [3.63, 3.8) is 0 Å². The number of aliphatic carboxylic acids is 1. The first-order valence-electron chi connectivity index (χ1n) is 9.02. The average Bonchev–Trinajstić information content (AvgIpc) is 2.66. The number of fused-ring (bicyclic) bond motifs is 1. The number of pyridine rings is 1. The number of benzene rings is 1. The van der Waals surface area contributed by atoms with Crippen LogP contribution in [0.2, 0.25) is 0 Å². The zero-order chi connectivity index (χ0) is 18.6. The van der Waals surface area contributed by atoms with Crippen molar-refractivity contribution >= 4 is 5.97 Å². The van der Waals surface area contributed by atoms with Crippen molar-refractivity contribution in [2.45, 2.75) is 44.9 Å². The van der Waals surface area contributed by atoms with Gasteiger partial charge in [-0.1, -0.05) is 25.8 Å². The monoisotopic (exact) mass is 349 g/mol. The van der Waals surface area contributed by atoms with E-state index >= 15 is 0 Å². The molecule has 1 aromatic carbocycles. The molecule has 2 aromatic rings. The standard InChI is InChI=1S/C22H23NO3/c1-3-22(4-2)11-12-26-20-10-7-16(13-19(20)22)5-8-18-9-6-17(15-23-18)14-21(24)25/h6-7,9-10,13,15H,3-4,11-12,14H2,1-2H3,(H,24,25). The van der Waals surface area contributed by atoms with Crippen molar-refractivity contribution in [1.29, 1.82) is 0 Å². The Morgan fingerprint density at radius 2 is 2.04 bits per heavy atom. The second-order valence-corrected chi connectivity index (χ2v) is 6.67. The van der Waals surface area contributed by atoms with Gasteiger partial charge in [0.15, 0.2) is 0 Å². The summed E-state index contributed by atoms with van der Waals surface area (Å²) in [6.45, 7) is 5.24. The molecule has 1 aromatic heterocycles. The van der Waals surface area contributed by atoms with E-state index < -0.39 is 5.97 Å². The molecule has 4 nitrogen and oxygen atoms in total. The van der Waals surface area contributed by atoms with E-state index in [0.717, 1.165) is 37.2 Å². The highest BCUT2D eigenvalue weighted by Crippen LogP contribution is 2.43. The third kappa shape index (κ3) is 3.72. The Bertz CT molecular complexity index is 855. The van der Waals surface area contributed by atoms with Gasteiger partial charge in [-0.3, -0.25) is 4.79 Å². The van der Waals surface area contributed by atoms with Gasteiger partial charge in [0.1, 0.15) is 11.4 Å². The molecular weight excluding hydrogens is 326 g/mol. The molecule has 0 unspecified atom stereocenters. The Morgan fingerprint density at radius 3 is 2.69 bits per heavy atom. The van der Waals surface area contributed by atoms with Gasteiger partial charge >= 0.3 is 5.97 Å². The van der Waals surface area contributed by atoms with E-state index in [1.54, 1.807) is 18.3 Å². The van der Waals surface area contributed by atoms with Gasteiger partial charge in [0.2, 0.25) is 0 Å². The molecular formula is C22H23NO3. The van der Waals surface area contributed by atoms with Crippen LogP contribution in [0.1, 0.15) is 55.5 Å². The van der Waals surface area contributed by atoms with Crippen LogP contribution in [-0.2, 0) is 16.6 Å². The summed E-state index contributed by atoms with van der Waals surface area (Å²) in [5, 5.41) is 8.80. The van der Waals surface area contributed by atoms with E-state index in [9.17, 15) is 4.79 Å². The normalized spacial score (nSPS) is 14.5. The fraction of sp³-hybridized carbons (Fsp3) is 0.364. The number of carboxylic acid groups (broad SMARTS) is 1. The Morgan fingerprint density at radius 1 is 1.23 bits per heavy atom. The van der Waals surface area contributed by atoms with Gasteiger partial charge < -0.3 is 9.84 Å². The van der Waals surface area contributed by atoms with Crippen LogP contribution in [-0.4, -0.2) is 22.7 Å². The fourth-order valence-electron chi connectivity index (χ4n) is 3.54. The molecule has 2 heterocycles. The molecule has 26 heavy (non-hydrogen) atoms. The van der Waals surface area contributed by atoms with Gasteiger partial charge in [0.05, 0.1) is 13.0 Å². The third-order valence-corrected chi connectivity index (χ3v) is 5.26. The molecule has 1 aliphatic heterocycles. The lowest BCUT2D eigenvalue weighted by molar-refractivity contribution is -0.136. The molecule has 4 heteroatoms. The Hall–Kier alpha value is -2.80. The van der Waals surface area contributed by atoms with Crippen LogP contribution in [0.15, 0.2) is 36.5 Å². The maximum absolute atomic E-state index is 10.7. The highest BCUT2D eigenvalue weighted by Gasteiger charge is 2.34. The summed E-state index contributed by atoms with van der Waals surface area (Å²) in [6.07, 6.45) is 4.75. The van der Waals surface area contributed by atoms with E-state index in [1.807, 2.05) is 12.1 Å². The SMILES string of the molecule is CCC1(CC)CCOc2ccc(C#Cc3ccc(CC(=O)O)cn3)cc21. The first-order valence-corrected chi connectivity index (χ1v) is 9.02. The van der Waals surface area contributed by atoms with Gasteiger partial charge in [0.25, 0.3) is 0 Å². The summed E-state index contributed by atoms with van der Waals surface area (Å²) in [5.41, 5.74) is 3.67.